The van der Waals surface area contributed by atoms with Crippen LogP contribution in [0, 0.1) is 0 Å². The highest BCUT2D eigenvalue weighted by molar-refractivity contribution is 7.16. The molecule has 0 radical (unpaired) electrons. The first-order chi connectivity index (χ1) is 15.3. The van der Waals surface area contributed by atoms with Crippen molar-refractivity contribution in [1.82, 2.24) is 0 Å². The van der Waals surface area contributed by atoms with Crippen LogP contribution < -0.4 is 0 Å². The van der Waals surface area contributed by atoms with Crippen molar-refractivity contribution < 1.29 is 0 Å². The number of hydrogen-bond donors (Lipinski definition) is 0. The second kappa shape index (κ2) is 18.8. The summed E-state index contributed by atoms with van der Waals surface area (Å²) in [5, 5.41) is 0. The first-order valence-electron chi connectivity index (χ1n) is 12.2. The van der Waals surface area contributed by atoms with Crippen LogP contribution in [-0.2, 0) is 25.7 Å². The number of benzene rings is 3. The van der Waals surface area contributed by atoms with Crippen LogP contribution in [-0.4, -0.2) is 6.16 Å². The minimum absolute atomic E-state index is 1.01. The minimum atomic E-state index is 1.01. The Labute approximate surface area is 195 Å². The van der Waals surface area contributed by atoms with E-state index in [0.29, 0.717) is 0 Å². The molecule has 1 atom stereocenters. The average Bonchev–Trinajstić information content (AvgIpc) is 2.86. The number of hydrogen-bond acceptors (Lipinski definition) is 0. The third kappa shape index (κ3) is 11.3. The van der Waals surface area contributed by atoms with Crippen molar-refractivity contribution in [2.75, 3.05) is 6.16 Å². The molecule has 1 unspecified atom stereocenters. The van der Waals surface area contributed by atoms with Crippen LogP contribution >= 0.6 is 9.24 Å². The molecule has 0 saturated heterocycles. The first-order valence-corrected chi connectivity index (χ1v) is 13.0. The average molecular weight is 437 g/mol. The molecule has 170 valence electrons. The molecule has 3 rings (SSSR count). The van der Waals surface area contributed by atoms with Crippen LogP contribution in [0.4, 0.5) is 0 Å². The highest BCUT2D eigenvalue weighted by Crippen LogP contribution is 2.15. The number of aryl methyl sites for hydroxylation is 2. The zero-order valence-corrected chi connectivity index (χ0v) is 22.2. The third-order valence-corrected chi connectivity index (χ3v) is 5.02. The highest BCUT2D eigenvalue weighted by atomic mass is 31.0. The Balaban J connectivity index is 0.00000138. The lowest BCUT2D eigenvalue weighted by Crippen LogP contribution is -1.93. The zero-order chi connectivity index (χ0) is 23.5. The lowest BCUT2D eigenvalue weighted by Gasteiger charge is -2.07. The largest absolute Gasteiger partial charge is 0.137 e. The van der Waals surface area contributed by atoms with E-state index in [1.807, 2.05) is 41.5 Å². The number of rotatable bonds is 7. The minimum Gasteiger partial charge on any atom is -0.137 e. The Kier molecular flexibility index (Phi) is 17.7. The molecule has 0 saturated carbocycles. The van der Waals surface area contributed by atoms with Crippen molar-refractivity contribution in [1.29, 1.82) is 0 Å². The molecule has 0 bridgehead atoms. The molecule has 0 nitrogen and oxygen atoms in total. The zero-order valence-electron chi connectivity index (χ0n) is 21.0. The van der Waals surface area contributed by atoms with Gasteiger partial charge in [0.2, 0.25) is 0 Å². The van der Waals surface area contributed by atoms with E-state index in [9.17, 15) is 0 Å². The van der Waals surface area contributed by atoms with Crippen molar-refractivity contribution in [2.45, 2.75) is 74.1 Å². The van der Waals surface area contributed by atoms with Gasteiger partial charge >= 0.3 is 0 Å². The Hall–Kier alpha value is -1.91. The standard InChI is InChI=1S/C24H27P.3C2H6/c1-2-19-3-7-21(8-4-19)17-23-11-13-24(14-12-23)18-22-9-5-20(6-10-22)15-16-25;3*1-2/h3-14H,2,15-18,25H2,1H3;3*1-2H3. The molecule has 0 aliphatic heterocycles. The van der Waals surface area contributed by atoms with Crippen molar-refractivity contribution >= 4 is 9.24 Å². The van der Waals surface area contributed by atoms with Crippen LogP contribution in [0.3, 0.4) is 0 Å². The van der Waals surface area contributed by atoms with E-state index in [1.165, 1.54) is 33.4 Å². The SMILES string of the molecule is CC.CC.CC.CCc1ccc(Cc2ccc(Cc3ccc(CCP)cc3)cc2)cc1. The normalized spacial score (nSPS) is 9.29. The highest BCUT2D eigenvalue weighted by Gasteiger charge is 2.00. The molecule has 0 amide bonds. The Morgan fingerprint density at radius 3 is 0.968 bits per heavy atom. The van der Waals surface area contributed by atoms with Gasteiger partial charge in [0, 0.05) is 0 Å². The van der Waals surface area contributed by atoms with Gasteiger partial charge in [0.25, 0.3) is 0 Å². The van der Waals surface area contributed by atoms with E-state index in [-0.39, 0.29) is 0 Å². The van der Waals surface area contributed by atoms with E-state index in [1.54, 1.807) is 0 Å². The summed E-state index contributed by atoms with van der Waals surface area (Å²) in [5.41, 5.74) is 8.35. The summed E-state index contributed by atoms with van der Waals surface area (Å²) in [6.07, 6.45) is 5.38. The van der Waals surface area contributed by atoms with Gasteiger partial charge in [0.05, 0.1) is 0 Å². The van der Waals surface area contributed by atoms with Crippen LogP contribution in [0.2, 0.25) is 0 Å². The molecule has 0 fully saturated rings. The molecule has 31 heavy (non-hydrogen) atoms. The second-order valence-electron chi connectivity index (χ2n) is 6.70. The van der Waals surface area contributed by atoms with E-state index in [2.05, 4.69) is 89.0 Å². The van der Waals surface area contributed by atoms with Gasteiger partial charge in [-0.1, -0.05) is 121 Å². The van der Waals surface area contributed by atoms with E-state index in [4.69, 9.17) is 0 Å². The molecule has 0 aromatic heterocycles. The monoisotopic (exact) mass is 436 g/mol. The molecule has 0 N–H and O–H groups in total. The Bertz CT molecular complexity index is 768. The fourth-order valence-corrected chi connectivity index (χ4v) is 3.46. The van der Waals surface area contributed by atoms with Gasteiger partial charge in [-0.05, 0) is 65.2 Å². The van der Waals surface area contributed by atoms with Crippen LogP contribution in [0.1, 0.15) is 81.8 Å². The second-order valence-corrected chi connectivity index (χ2v) is 7.27. The quantitative estimate of drug-likeness (QED) is 0.324. The van der Waals surface area contributed by atoms with E-state index >= 15 is 0 Å². The van der Waals surface area contributed by atoms with Crippen LogP contribution in [0.5, 0.6) is 0 Å². The topological polar surface area (TPSA) is 0 Å². The maximum atomic E-state index is 2.79. The predicted octanol–water partition coefficient (Wildman–Crippen LogP) is 8.93. The fourth-order valence-electron chi connectivity index (χ4n) is 3.13. The lowest BCUT2D eigenvalue weighted by molar-refractivity contribution is 1.11. The van der Waals surface area contributed by atoms with Crippen molar-refractivity contribution in [3.63, 3.8) is 0 Å². The molecule has 3 aromatic carbocycles. The summed E-state index contributed by atoms with van der Waals surface area (Å²) in [5.74, 6) is 0. The summed E-state index contributed by atoms with van der Waals surface area (Å²) in [4.78, 5) is 0. The van der Waals surface area contributed by atoms with Crippen molar-refractivity contribution in [2.24, 2.45) is 0 Å². The Morgan fingerprint density at radius 1 is 0.452 bits per heavy atom. The van der Waals surface area contributed by atoms with Crippen LogP contribution in [0.25, 0.3) is 0 Å². The lowest BCUT2D eigenvalue weighted by atomic mass is 9.99. The summed E-state index contributed by atoms with van der Waals surface area (Å²) in [6.45, 7) is 14.2. The Morgan fingerprint density at radius 2 is 0.710 bits per heavy atom. The fraction of sp³-hybridized carbons (Fsp3) is 0.400. The van der Waals surface area contributed by atoms with Gasteiger partial charge in [0.1, 0.15) is 0 Å². The maximum Gasteiger partial charge on any atom is -0.00258 e. The first kappa shape index (κ1) is 29.1. The molecule has 0 aliphatic carbocycles. The summed E-state index contributed by atoms with van der Waals surface area (Å²) >= 11 is 0. The van der Waals surface area contributed by atoms with Crippen molar-refractivity contribution in [3.05, 3.63) is 106 Å². The van der Waals surface area contributed by atoms with E-state index in [0.717, 1.165) is 31.8 Å². The van der Waals surface area contributed by atoms with Crippen molar-refractivity contribution in [3.8, 4) is 0 Å². The summed E-state index contributed by atoms with van der Waals surface area (Å²) < 4.78 is 0. The maximum absolute atomic E-state index is 2.79. The van der Waals surface area contributed by atoms with Crippen LogP contribution in [0.15, 0.2) is 72.8 Å². The molecule has 1 heteroatoms. The summed E-state index contributed by atoms with van der Waals surface area (Å²) in [6, 6.07) is 27.1. The van der Waals surface area contributed by atoms with Gasteiger partial charge in [-0.3, -0.25) is 0 Å². The molecule has 0 spiro atoms. The van der Waals surface area contributed by atoms with E-state index < -0.39 is 0 Å². The molecule has 3 aromatic rings. The molecular formula is C30H45P. The smallest absolute Gasteiger partial charge is 0.00258 e. The van der Waals surface area contributed by atoms with Gasteiger partial charge in [-0.2, -0.15) is 0 Å². The predicted molar refractivity (Wildman–Crippen MR) is 147 cm³/mol. The van der Waals surface area contributed by atoms with Gasteiger partial charge < -0.3 is 0 Å². The van der Waals surface area contributed by atoms with Gasteiger partial charge in [-0.15, -0.1) is 9.24 Å². The molecular weight excluding hydrogens is 391 g/mol. The van der Waals surface area contributed by atoms with Gasteiger partial charge in [-0.25, -0.2) is 0 Å². The third-order valence-electron chi connectivity index (χ3n) is 4.73. The molecule has 0 aliphatic rings. The van der Waals surface area contributed by atoms with Gasteiger partial charge in [0.15, 0.2) is 0 Å². The summed E-state index contributed by atoms with van der Waals surface area (Å²) in [7, 11) is 2.79. The molecule has 0 heterocycles.